The van der Waals surface area contributed by atoms with E-state index in [2.05, 4.69) is 11.2 Å². The summed E-state index contributed by atoms with van der Waals surface area (Å²) in [5.41, 5.74) is 3.29. The smallest absolute Gasteiger partial charge is 0.356 e. The van der Waals surface area contributed by atoms with Crippen LogP contribution in [0, 0.1) is 11.3 Å². The second kappa shape index (κ2) is 10.4. The Morgan fingerprint density at radius 1 is 1.15 bits per heavy atom. The Kier molecular flexibility index (Phi) is 6.85. The molecule has 0 aliphatic carbocycles. The van der Waals surface area contributed by atoms with Gasteiger partial charge >= 0.3 is 6.18 Å². The SMILES string of the molecule is CN(c1cccc2c1C(=O)N(CC(=O)N1CCC[C@H]1C(F)(F)F)C2)c1cccc2c1c(C#N)nn2C1CCCCO1. The summed E-state index contributed by atoms with van der Waals surface area (Å²) in [6.45, 7) is 0.346. The molecule has 2 atom stereocenters. The zero-order valence-electron chi connectivity index (χ0n) is 22.5. The number of nitriles is 1. The second-order valence-corrected chi connectivity index (χ2v) is 10.7. The number of nitrogens with zero attached hydrogens (tertiary/aromatic N) is 6. The van der Waals surface area contributed by atoms with Gasteiger partial charge in [0.05, 0.1) is 27.8 Å². The Morgan fingerprint density at radius 2 is 1.93 bits per heavy atom. The number of rotatable bonds is 5. The summed E-state index contributed by atoms with van der Waals surface area (Å²) in [5.74, 6) is -1.13. The van der Waals surface area contributed by atoms with Crippen molar-refractivity contribution in [2.45, 2.75) is 57.1 Å². The van der Waals surface area contributed by atoms with Gasteiger partial charge in [0, 0.05) is 26.7 Å². The molecule has 0 bridgehead atoms. The van der Waals surface area contributed by atoms with E-state index in [0.29, 0.717) is 34.5 Å². The summed E-state index contributed by atoms with van der Waals surface area (Å²) >= 11 is 0. The van der Waals surface area contributed by atoms with Crippen molar-refractivity contribution in [3.8, 4) is 6.07 Å². The van der Waals surface area contributed by atoms with Crippen LogP contribution in [0.2, 0.25) is 0 Å². The Morgan fingerprint density at radius 3 is 2.66 bits per heavy atom. The van der Waals surface area contributed by atoms with Gasteiger partial charge in [-0.15, -0.1) is 0 Å². The van der Waals surface area contributed by atoms with Crippen LogP contribution in [0.25, 0.3) is 10.9 Å². The van der Waals surface area contributed by atoms with Crippen LogP contribution >= 0.6 is 0 Å². The van der Waals surface area contributed by atoms with Crippen LogP contribution in [0.4, 0.5) is 24.5 Å². The molecule has 2 saturated heterocycles. The molecule has 4 heterocycles. The lowest BCUT2D eigenvalue weighted by Crippen LogP contribution is -2.48. The zero-order chi connectivity index (χ0) is 28.9. The van der Waals surface area contributed by atoms with Crippen LogP contribution in [0.5, 0.6) is 0 Å². The standard InChI is InChI=1S/C29H29F3N6O3/c1-35(21-9-5-10-22-27(21)19(15-33)34-38(22)25-12-2-3-14-41-25)20-8-4-7-18-16-36(28(40)26(18)20)17-24(39)37-13-6-11-23(37)29(30,31)32/h4-5,7-10,23,25H,2-3,6,11-14,16-17H2,1H3/t23-,25?/m0/s1. The van der Waals surface area contributed by atoms with Crippen molar-refractivity contribution in [2.75, 3.05) is 31.6 Å². The highest BCUT2D eigenvalue weighted by Gasteiger charge is 2.48. The maximum Gasteiger partial charge on any atom is 0.408 e. The third-order valence-corrected chi connectivity index (χ3v) is 8.24. The fourth-order valence-corrected chi connectivity index (χ4v) is 6.26. The van der Waals surface area contributed by atoms with Gasteiger partial charge in [-0.3, -0.25) is 9.59 Å². The monoisotopic (exact) mass is 566 g/mol. The van der Waals surface area contributed by atoms with Crippen LogP contribution in [0.15, 0.2) is 36.4 Å². The average molecular weight is 567 g/mol. The number of aromatic nitrogens is 2. The number of benzene rings is 2. The highest BCUT2D eigenvalue weighted by Crippen LogP contribution is 2.40. The van der Waals surface area contributed by atoms with E-state index in [1.54, 1.807) is 29.9 Å². The molecule has 2 aromatic carbocycles. The highest BCUT2D eigenvalue weighted by atomic mass is 19.4. The number of hydrogen-bond acceptors (Lipinski definition) is 6. The van der Waals surface area contributed by atoms with Crippen molar-refractivity contribution >= 4 is 34.1 Å². The molecular weight excluding hydrogens is 537 g/mol. The number of carbonyl (C=O) groups excluding carboxylic acids is 2. The molecule has 0 spiro atoms. The van der Waals surface area contributed by atoms with Gasteiger partial charge in [0.2, 0.25) is 5.91 Å². The van der Waals surface area contributed by atoms with Crippen molar-refractivity contribution < 1.29 is 27.5 Å². The summed E-state index contributed by atoms with van der Waals surface area (Å²) < 4.78 is 48.0. The van der Waals surface area contributed by atoms with Crippen LogP contribution in [0.3, 0.4) is 0 Å². The van der Waals surface area contributed by atoms with Gasteiger partial charge in [-0.2, -0.15) is 23.5 Å². The minimum absolute atomic E-state index is 0.0246. The van der Waals surface area contributed by atoms with Gasteiger partial charge in [-0.05, 0) is 55.9 Å². The predicted octanol–water partition coefficient (Wildman–Crippen LogP) is 4.88. The third kappa shape index (κ3) is 4.68. The normalized spacial score (nSPS) is 20.9. The molecule has 1 aromatic heterocycles. The van der Waals surface area contributed by atoms with E-state index in [4.69, 9.17) is 4.74 Å². The lowest BCUT2D eigenvalue weighted by atomic mass is 10.1. The molecule has 9 nitrogen and oxygen atoms in total. The van der Waals surface area contributed by atoms with E-state index >= 15 is 0 Å². The molecule has 1 unspecified atom stereocenters. The first kappa shape index (κ1) is 27.1. The lowest BCUT2D eigenvalue weighted by Gasteiger charge is -2.28. The molecule has 3 aliphatic rings. The molecule has 0 radical (unpaired) electrons. The Balaban J connectivity index is 1.30. The fraction of sp³-hybridized carbons (Fsp3) is 0.448. The third-order valence-electron chi connectivity index (χ3n) is 8.24. The number of carbonyl (C=O) groups is 2. The molecule has 6 rings (SSSR count). The largest absolute Gasteiger partial charge is 0.408 e. The molecule has 2 amide bonds. The summed E-state index contributed by atoms with van der Waals surface area (Å²) in [6, 6.07) is 11.3. The first-order valence-electron chi connectivity index (χ1n) is 13.7. The Hall–Kier alpha value is -4.11. The van der Waals surface area contributed by atoms with E-state index in [-0.39, 0.29) is 37.9 Å². The van der Waals surface area contributed by atoms with E-state index in [9.17, 15) is 28.0 Å². The van der Waals surface area contributed by atoms with Gasteiger partial charge in [0.15, 0.2) is 11.9 Å². The molecule has 214 valence electrons. The van der Waals surface area contributed by atoms with Crippen LogP contribution < -0.4 is 4.90 Å². The summed E-state index contributed by atoms with van der Waals surface area (Å²) in [5, 5.41) is 15.1. The summed E-state index contributed by atoms with van der Waals surface area (Å²) in [6.07, 6.45) is -1.85. The van der Waals surface area contributed by atoms with Crippen molar-refractivity contribution in [3.05, 3.63) is 53.2 Å². The number of fused-ring (bicyclic) bond motifs is 2. The fourth-order valence-electron chi connectivity index (χ4n) is 6.26. The molecule has 0 saturated carbocycles. The first-order valence-corrected chi connectivity index (χ1v) is 13.7. The van der Waals surface area contributed by atoms with Gasteiger partial charge in [0.1, 0.15) is 18.7 Å². The highest BCUT2D eigenvalue weighted by molar-refractivity contribution is 6.07. The van der Waals surface area contributed by atoms with E-state index in [1.807, 2.05) is 23.1 Å². The molecular formula is C29H29F3N6O3. The first-order chi connectivity index (χ1) is 19.7. The van der Waals surface area contributed by atoms with Gasteiger partial charge in [0.25, 0.3) is 5.91 Å². The van der Waals surface area contributed by atoms with Crippen molar-refractivity contribution in [3.63, 3.8) is 0 Å². The van der Waals surface area contributed by atoms with E-state index < -0.39 is 30.6 Å². The van der Waals surface area contributed by atoms with Crippen molar-refractivity contribution in [1.29, 1.82) is 5.26 Å². The number of hydrogen-bond donors (Lipinski definition) is 0. The second-order valence-electron chi connectivity index (χ2n) is 10.7. The van der Waals surface area contributed by atoms with Crippen molar-refractivity contribution in [2.24, 2.45) is 0 Å². The maximum atomic E-state index is 13.6. The molecule has 41 heavy (non-hydrogen) atoms. The molecule has 0 N–H and O–H groups in total. The summed E-state index contributed by atoms with van der Waals surface area (Å²) in [7, 11) is 1.79. The number of halogens is 3. The predicted molar refractivity (Wildman–Crippen MR) is 143 cm³/mol. The quantitative estimate of drug-likeness (QED) is 0.437. The van der Waals surface area contributed by atoms with Crippen LogP contribution in [-0.2, 0) is 16.1 Å². The van der Waals surface area contributed by atoms with E-state index in [0.717, 1.165) is 29.7 Å². The van der Waals surface area contributed by atoms with Crippen LogP contribution in [-0.4, -0.2) is 70.4 Å². The zero-order valence-corrected chi connectivity index (χ0v) is 22.5. The number of amides is 2. The van der Waals surface area contributed by atoms with E-state index in [1.165, 1.54) is 4.90 Å². The molecule has 3 aliphatic heterocycles. The van der Waals surface area contributed by atoms with Gasteiger partial charge in [-0.1, -0.05) is 18.2 Å². The number of anilines is 2. The molecule has 12 heteroatoms. The minimum Gasteiger partial charge on any atom is -0.356 e. The average Bonchev–Trinajstić information content (AvgIpc) is 3.69. The topological polar surface area (TPSA) is 94.7 Å². The number of alkyl halides is 3. The van der Waals surface area contributed by atoms with Crippen LogP contribution in [0.1, 0.15) is 59.9 Å². The number of likely N-dealkylation sites (tertiary alicyclic amines) is 1. The number of ether oxygens (including phenoxy) is 1. The van der Waals surface area contributed by atoms with Gasteiger partial charge in [-0.25, -0.2) is 4.68 Å². The Labute approximate surface area is 234 Å². The van der Waals surface area contributed by atoms with Crippen molar-refractivity contribution in [1.82, 2.24) is 19.6 Å². The molecule has 2 fully saturated rings. The lowest BCUT2D eigenvalue weighted by molar-refractivity contribution is -0.182. The molecule has 3 aromatic rings. The van der Waals surface area contributed by atoms with Gasteiger partial charge < -0.3 is 19.4 Å². The maximum absolute atomic E-state index is 13.6. The Bertz CT molecular complexity index is 1560. The summed E-state index contributed by atoms with van der Waals surface area (Å²) in [4.78, 5) is 30.5. The minimum atomic E-state index is -4.50.